The number of rotatable bonds is 6. The van der Waals surface area contributed by atoms with Gasteiger partial charge in [-0.25, -0.2) is 0 Å². The molecule has 0 unspecified atom stereocenters. The summed E-state index contributed by atoms with van der Waals surface area (Å²) < 4.78 is 11.1. The molecular weight excluding hydrogens is 226 g/mol. The number of methoxy groups -OCH3 is 1. The molecule has 0 saturated carbocycles. The van der Waals surface area contributed by atoms with E-state index in [9.17, 15) is 0 Å². The summed E-state index contributed by atoms with van der Waals surface area (Å²) in [5.41, 5.74) is 0. The predicted molar refractivity (Wildman–Crippen MR) is 72.6 cm³/mol. The van der Waals surface area contributed by atoms with Crippen LogP contribution in [-0.4, -0.2) is 31.7 Å². The molecule has 1 saturated heterocycles. The molecule has 1 fully saturated rings. The highest BCUT2D eigenvalue weighted by Crippen LogP contribution is 2.20. The molecule has 2 heterocycles. The van der Waals surface area contributed by atoms with Crippen molar-refractivity contribution >= 4 is 0 Å². The van der Waals surface area contributed by atoms with E-state index >= 15 is 0 Å². The van der Waals surface area contributed by atoms with Gasteiger partial charge in [-0.1, -0.05) is 6.92 Å². The highest BCUT2D eigenvalue weighted by molar-refractivity contribution is 5.07. The summed E-state index contributed by atoms with van der Waals surface area (Å²) in [5.74, 6) is 2.92. The third kappa shape index (κ3) is 3.85. The van der Waals surface area contributed by atoms with Crippen LogP contribution < -0.4 is 0 Å². The van der Waals surface area contributed by atoms with E-state index in [4.69, 9.17) is 9.15 Å². The van der Waals surface area contributed by atoms with Crippen molar-refractivity contribution in [3.63, 3.8) is 0 Å². The Morgan fingerprint density at radius 1 is 1.39 bits per heavy atom. The lowest BCUT2D eigenvalue weighted by Crippen LogP contribution is -2.36. The molecule has 18 heavy (non-hydrogen) atoms. The van der Waals surface area contributed by atoms with E-state index in [0.717, 1.165) is 44.1 Å². The molecule has 1 aromatic rings. The van der Waals surface area contributed by atoms with Crippen molar-refractivity contribution in [2.24, 2.45) is 5.92 Å². The molecule has 0 amide bonds. The Morgan fingerprint density at radius 2 is 2.22 bits per heavy atom. The maximum Gasteiger partial charge on any atom is 0.118 e. The monoisotopic (exact) mass is 251 g/mol. The van der Waals surface area contributed by atoms with Gasteiger partial charge < -0.3 is 9.15 Å². The summed E-state index contributed by atoms with van der Waals surface area (Å²) in [6, 6.07) is 4.25. The lowest BCUT2D eigenvalue weighted by molar-refractivity contribution is 0.0838. The van der Waals surface area contributed by atoms with Crippen LogP contribution in [0.3, 0.4) is 0 Å². The zero-order chi connectivity index (χ0) is 12.8. The van der Waals surface area contributed by atoms with Gasteiger partial charge in [0.15, 0.2) is 0 Å². The number of ether oxygens (including phenoxy) is 1. The Bertz CT molecular complexity index is 346. The van der Waals surface area contributed by atoms with Gasteiger partial charge >= 0.3 is 0 Å². The number of hydrogen-bond acceptors (Lipinski definition) is 3. The normalized spacial score (nSPS) is 21.3. The molecule has 0 N–H and O–H groups in total. The van der Waals surface area contributed by atoms with Gasteiger partial charge in [-0.3, -0.25) is 4.90 Å². The van der Waals surface area contributed by atoms with Gasteiger partial charge in [0.05, 0.1) is 13.2 Å². The van der Waals surface area contributed by atoms with E-state index in [0.29, 0.717) is 5.92 Å². The molecule has 1 atom stereocenters. The highest BCUT2D eigenvalue weighted by atomic mass is 16.5. The second-order valence-electron chi connectivity index (χ2n) is 5.32. The van der Waals surface area contributed by atoms with Crippen molar-refractivity contribution in [1.29, 1.82) is 0 Å². The Kier molecular flexibility index (Phi) is 5.26. The second-order valence-corrected chi connectivity index (χ2v) is 5.32. The first-order valence-electron chi connectivity index (χ1n) is 7.10. The molecule has 102 valence electrons. The fourth-order valence-corrected chi connectivity index (χ4v) is 2.78. The van der Waals surface area contributed by atoms with Gasteiger partial charge in [-0.2, -0.15) is 0 Å². The largest absolute Gasteiger partial charge is 0.465 e. The predicted octanol–water partition coefficient (Wildman–Crippen LogP) is 3.09. The van der Waals surface area contributed by atoms with Crippen LogP contribution in [0.25, 0.3) is 0 Å². The van der Waals surface area contributed by atoms with Crippen molar-refractivity contribution in [2.45, 2.75) is 39.2 Å². The summed E-state index contributed by atoms with van der Waals surface area (Å²) in [4.78, 5) is 2.49. The first-order chi connectivity index (χ1) is 8.81. The van der Waals surface area contributed by atoms with Crippen LogP contribution in [-0.2, 0) is 17.7 Å². The maximum atomic E-state index is 5.85. The fourth-order valence-electron chi connectivity index (χ4n) is 2.78. The van der Waals surface area contributed by atoms with Crippen molar-refractivity contribution in [3.8, 4) is 0 Å². The minimum Gasteiger partial charge on any atom is -0.465 e. The lowest BCUT2D eigenvalue weighted by atomic mass is 9.99. The number of aryl methyl sites for hydroxylation is 1. The summed E-state index contributed by atoms with van der Waals surface area (Å²) in [5, 5.41) is 0. The smallest absolute Gasteiger partial charge is 0.118 e. The molecule has 3 heteroatoms. The van der Waals surface area contributed by atoms with E-state index in [1.165, 1.54) is 19.4 Å². The Balaban J connectivity index is 1.84. The molecule has 1 aromatic heterocycles. The van der Waals surface area contributed by atoms with E-state index in [2.05, 4.69) is 24.0 Å². The first kappa shape index (κ1) is 13.6. The minimum absolute atomic E-state index is 0.689. The van der Waals surface area contributed by atoms with Gasteiger partial charge in [0, 0.05) is 20.1 Å². The maximum absolute atomic E-state index is 5.85. The third-order valence-electron chi connectivity index (χ3n) is 3.60. The summed E-state index contributed by atoms with van der Waals surface area (Å²) in [6.07, 6.45) is 4.76. The Labute approximate surface area is 110 Å². The summed E-state index contributed by atoms with van der Waals surface area (Å²) in [7, 11) is 1.79. The van der Waals surface area contributed by atoms with Crippen LogP contribution in [0.5, 0.6) is 0 Å². The van der Waals surface area contributed by atoms with Crippen LogP contribution in [0, 0.1) is 5.92 Å². The second kappa shape index (κ2) is 6.95. The van der Waals surface area contributed by atoms with Crippen molar-refractivity contribution < 1.29 is 9.15 Å². The molecule has 0 aromatic carbocycles. The Morgan fingerprint density at radius 3 is 3.00 bits per heavy atom. The zero-order valence-electron chi connectivity index (χ0n) is 11.7. The van der Waals surface area contributed by atoms with Gasteiger partial charge in [-0.05, 0) is 43.9 Å². The average molecular weight is 251 g/mol. The molecule has 0 bridgehead atoms. The quantitative estimate of drug-likeness (QED) is 0.777. The zero-order valence-corrected chi connectivity index (χ0v) is 11.7. The van der Waals surface area contributed by atoms with Crippen LogP contribution in [0.4, 0.5) is 0 Å². The first-order valence-corrected chi connectivity index (χ1v) is 7.10. The Hall–Kier alpha value is -0.800. The van der Waals surface area contributed by atoms with Crippen LogP contribution in [0.1, 0.15) is 37.7 Å². The molecule has 1 aliphatic heterocycles. The van der Waals surface area contributed by atoms with Gasteiger partial charge in [0.25, 0.3) is 0 Å². The number of furan rings is 1. The van der Waals surface area contributed by atoms with Gasteiger partial charge in [0.1, 0.15) is 11.5 Å². The van der Waals surface area contributed by atoms with Crippen LogP contribution in [0.2, 0.25) is 0 Å². The molecule has 0 spiro atoms. The summed E-state index contributed by atoms with van der Waals surface area (Å²) >= 11 is 0. The van der Waals surface area contributed by atoms with Crippen LogP contribution in [0.15, 0.2) is 16.5 Å². The van der Waals surface area contributed by atoms with E-state index in [-0.39, 0.29) is 0 Å². The fraction of sp³-hybridized carbons (Fsp3) is 0.733. The summed E-state index contributed by atoms with van der Waals surface area (Å²) in [6.45, 7) is 6.34. The van der Waals surface area contributed by atoms with Crippen molar-refractivity contribution in [3.05, 3.63) is 23.7 Å². The van der Waals surface area contributed by atoms with Crippen LogP contribution >= 0.6 is 0 Å². The molecule has 1 aliphatic rings. The topological polar surface area (TPSA) is 25.6 Å². The minimum atomic E-state index is 0.689. The molecule has 0 aliphatic carbocycles. The number of hydrogen-bond donors (Lipinski definition) is 0. The number of piperidine rings is 1. The highest BCUT2D eigenvalue weighted by Gasteiger charge is 2.20. The van der Waals surface area contributed by atoms with E-state index < -0.39 is 0 Å². The van der Waals surface area contributed by atoms with Gasteiger partial charge in [0.2, 0.25) is 0 Å². The molecule has 0 radical (unpaired) electrons. The molecular formula is C15H25NO2. The standard InChI is InChI=1S/C15H25NO2/c1-3-5-14-7-8-15(18-14)11-16-9-4-6-13(10-16)12-17-2/h7-8,13H,3-6,9-12H2,1-2H3/t13-/m1/s1. The van der Waals surface area contributed by atoms with Crippen molar-refractivity contribution in [2.75, 3.05) is 26.8 Å². The average Bonchev–Trinajstić information content (AvgIpc) is 2.78. The number of nitrogens with zero attached hydrogens (tertiary/aromatic N) is 1. The van der Waals surface area contributed by atoms with Gasteiger partial charge in [-0.15, -0.1) is 0 Å². The molecule has 3 nitrogen and oxygen atoms in total. The lowest BCUT2D eigenvalue weighted by Gasteiger charge is -2.31. The van der Waals surface area contributed by atoms with E-state index in [1.54, 1.807) is 7.11 Å². The SMILES string of the molecule is CCCc1ccc(CN2CCC[C@@H](COC)C2)o1. The van der Waals surface area contributed by atoms with E-state index in [1.807, 2.05) is 0 Å². The molecule has 2 rings (SSSR count). The number of likely N-dealkylation sites (tertiary alicyclic amines) is 1. The van der Waals surface area contributed by atoms with Crippen molar-refractivity contribution in [1.82, 2.24) is 4.90 Å². The third-order valence-corrected chi connectivity index (χ3v) is 3.60.